The molecule has 2 heterocycles. The lowest BCUT2D eigenvalue weighted by atomic mass is 10.0. The molecule has 0 atom stereocenters. The largest absolute Gasteiger partial charge is 0.476 e. The molecule has 1 N–H and O–H groups in total. The smallest absolute Gasteiger partial charge is 0.356 e. The molecule has 1 aromatic carbocycles. The van der Waals surface area contributed by atoms with Gasteiger partial charge in [0.1, 0.15) is 0 Å². The average Bonchev–Trinajstić information content (AvgIpc) is 2.94. The molecule has 0 saturated heterocycles. The number of nitrogens with zero attached hydrogens (tertiary/aromatic N) is 3. The van der Waals surface area contributed by atoms with Crippen molar-refractivity contribution in [2.75, 3.05) is 18.5 Å². The molecule has 3 rings (SSSR count). The summed E-state index contributed by atoms with van der Waals surface area (Å²) in [6, 6.07) is 7.78. The molecule has 0 aliphatic carbocycles. The maximum atomic E-state index is 11.0. The monoisotopic (exact) mass is 257 g/mol. The fourth-order valence-corrected chi connectivity index (χ4v) is 2.67. The van der Waals surface area contributed by atoms with Crippen LogP contribution in [0.5, 0.6) is 0 Å². The number of carbonyl (C=O) groups is 1. The summed E-state index contributed by atoms with van der Waals surface area (Å²) in [5.74, 6) is -0.997. The second kappa shape index (κ2) is 4.12. The van der Waals surface area contributed by atoms with Crippen molar-refractivity contribution < 1.29 is 9.90 Å². The first-order valence-corrected chi connectivity index (χ1v) is 6.18. The first kappa shape index (κ1) is 11.8. The summed E-state index contributed by atoms with van der Waals surface area (Å²) >= 11 is 0. The quantitative estimate of drug-likeness (QED) is 0.891. The Labute approximate surface area is 111 Å². The third-order valence-corrected chi connectivity index (χ3v) is 3.59. The van der Waals surface area contributed by atoms with Gasteiger partial charge in [0, 0.05) is 31.9 Å². The van der Waals surface area contributed by atoms with Crippen LogP contribution in [-0.2, 0) is 13.5 Å². The SMILES string of the molecule is CN1CCc2cccc(-c3cc(C(=O)O)nn3C)c21. The normalized spacial score (nSPS) is 13.7. The zero-order chi connectivity index (χ0) is 13.6. The van der Waals surface area contributed by atoms with Crippen LogP contribution in [0, 0.1) is 0 Å². The number of hydrogen-bond donors (Lipinski definition) is 1. The highest BCUT2D eigenvalue weighted by atomic mass is 16.4. The first-order chi connectivity index (χ1) is 9.08. The minimum atomic E-state index is -0.997. The Hall–Kier alpha value is -2.30. The molecule has 0 fully saturated rings. The first-order valence-electron chi connectivity index (χ1n) is 6.18. The zero-order valence-corrected chi connectivity index (χ0v) is 10.9. The predicted molar refractivity (Wildman–Crippen MR) is 72.6 cm³/mol. The van der Waals surface area contributed by atoms with Crippen LogP contribution in [0.2, 0.25) is 0 Å². The van der Waals surface area contributed by atoms with Crippen LogP contribution in [0.3, 0.4) is 0 Å². The van der Waals surface area contributed by atoms with Gasteiger partial charge >= 0.3 is 5.97 Å². The Kier molecular flexibility index (Phi) is 2.55. The van der Waals surface area contributed by atoms with E-state index in [0.717, 1.165) is 24.2 Å². The Morgan fingerprint density at radius 3 is 2.84 bits per heavy atom. The van der Waals surface area contributed by atoms with Crippen molar-refractivity contribution in [1.82, 2.24) is 9.78 Å². The fraction of sp³-hybridized carbons (Fsp3) is 0.286. The second-order valence-electron chi connectivity index (χ2n) is 4.83. The summed E-state index contributed by atoms with van der Waals surface area (Å²) in [5.41, 5.74) is 4.44. The van der Waals surface area contributed by atoms with E-state index in [4.69, 9.17) is 5.11 Å². The van der Waals surface area contributed by atoms with E-state index in [1.165, 1.54) is 11.3 Å². The lowest BCUT2D eigenvalue weighted by Crippen LogP contribution is -2.13. The summed E-state index contributed by atoms with van der Waals surface area (Å²) < 4.78 is 1.63. The number of hydrogen-bond acceptors (Lipinski definition) is 3. The van der Waals surface area contributed by atoms with Crippen LogP contribution < -0.4 is 4.90 Å². The molecular formula is C14H15N3O2. The second-order valence-corrected chi connectivity index (χ2v) is 4.83. The fourth-order valence-electron chi connectivity index (χ4n) is 2.67. The minimum absolute atomic E-state index is 0.0794. The van der Waals surface area contributed by atoms with Gasteiger partial charge in [-0.05, 0) is 18.1 Å². The van der Waals surface area contributed by atoms with Crippen molar-refractivity contribution in [3.05, 3.63) is 35.5 Å². The van der Waals surface area contributed by atoms with Crippen LogP contribution >= 0.6 is 0 Å². The number of aromatic carboxylic acids is 1. The molecule has 0 saturated carbocycles. The Balaban J connectivity index is 2.18. The van der Waals surface area contributed by atoms with E-state index < -0.39 is 5.97 Å². The highest BCUT2D eigenvalue weighted by Crippen LogP contribution is 2.37. The van der Waals surface area contributed by atoms with E-state index in [0.29, 0.717) is 0 Å². The topological polar surface area (TPSA) is 58.4 Å². The van der Waals surface area contributed by atoms with Crippen molar-refractivity contribution in [1.29, 1.82) is 0 Å². The van der Waals surface area contributed by atoms with Gasteiger partial charge in [0.2, 0.25) is 0 Å². The van der Waals surface area contributed by atoms with Crippen molar-refractivity contribution in [2.24, 2.45) is 7.05 Å². The molecule has 2 aromatic rings. The molecule has 0 amide bonds. The summed E-state index contributed by atoms with van der Waals surface area (Å²) in [6.45, 7) is 0.996. The summed E-state index contributed by atoms with van der Waals surface area (Å²) in [5, 5.41) is 13.1. The third-order valence-electron chi connectivity index (χ3n) is 3.59. The summed E-state index contributed by atoms with van der Waals surface area (Å²) in [4.78, 5) is 13.2. The summed E-state index contributed by atoms with van der Waals surface area (Å²) in [7, 11) is 3.83. The Morgan fingerprint density at radius 1 is 1.37 bits per heavy atom. The van der Waals surface area contributed by atoms with E-state index in [-0.39, 0.29) is 5.69 Å². The molecule has 0 bridgehead atoms. The van der Waals surface area contributed by atoms with Gasteiger partial charge in [-0.1, -0.05) is 18.2 Å². The van der Waals surface area contributed by atoms with Gasteiger partial charge in [-0.3, -0.25) is 4.68 Å². The molecule has 98 valence electrons. The number of aromatic nitrogens is 2. The van der Waals surface area contributed by atoms with E-state index in [2.05, 4.69) is 23.1 Å². The standard InChI is InChI=1S/C14H15N3O2/c1-16-7-6-9-4-3-5-10(13(9)16)12-8-11(14(18)19)15-17(12)2/h3-5,8H,6-7H2,1-2H3,(H,18,19). The summed E-state index contributed by atoms with van der Waals surface area (Å²) in [6.07, 6.45) is 1.03. The lowest BCUT2D eigenvalue weighted by molar-refractivity contribution is 0.0689. The maximum Gasteiger partial charge on any atom is 0.356 e. The third kappa shape index (κ3) is 1.78. The molecular weight excluding hydrogens is 242 g/mol. The molecule has 0 spiro atoms. The van der Waals surface area contributed by atoms with Gasteiger partial charge in [-0.25, -0.2) is 4.79 Å². The van der Waals surface area contributed by atoms with Gasteiger partial charge in [0.05, 0.1) is 5.69 Å². The predicted octanol–water partition coefficient (Wildman–Crippen LogP) is 1.78. The number of likely N-dealkylation sites (N-methyl/N-ethyl adjacent to an activating group) is 1. The van der Waals surface area contributed by atoms with Gasteiger partial charge < -0.3 is 10.0 Å². The highest BCUT2D eigenvalue weighted by Gasteiger charge is 2.22. The van der Waals surface area contributed by atoms with Crippen molar-refractivity contribution in [3.63, 3.8) is 0 Å². The van der Waals surface area contributed by atoms with Crippen LogP contribution in [-0.4, -0.2) is 34.4 Å². The molecule has 0 unspecified atom stereocenters. The van der Waals surface area contributed by atoms with Gasteiger partial charge in [-0.15, -0.1) is 0 Å². The van der Waals surface area contributed by atoms with Crippen molar-refractivity contribution >= 4 is 11.7 Å². The van der Waals surface area contributed by atoms with E-state index in [1.807, 2.05) is 12.1 Å². The van der Waals surface area contributed by atoms with E-state index in [1.54, 1.807) is 17.8 Å². The number of benzene rings is 1. The Bertz CT molecular complexity index is 661. The van der Waals surface area contributed by atoms with Crippen LogP contribution in [0.4, 0.5) is 5.69 Å². The lowest BCUT2D eigenvalue weighted by Gasteiger charge is -2.16. The number of rotatable bonds is 2. The van der Waals surface area contributed by atoms with Crippen LogP contribution in [0.1, 0.15) is 16.1 Å². The minimum Gasteiger partial charge on any atom is -0.476 e. The maximum absolute atomic E-state index is 11.0. The zero-order valence-electron chi connectivity index (χ0n) is 10.9. The van der Waals surface area contributed by atoms with Crippen LogP contribution in [0.25, 0.3) is 11.3 Å². The van der Waals surface area contributed by atoms with Gasteiger partial charge in [0.15, 0.2) is 5.69 Å². The number of carboxylic acids is 1. The molecule has 5 nitrogen and oxygen atoms in total. The van der Waals surface area contributed by atoms with E-state index in [9.17, 15) is 4.79 Å². The highest BCUT2D eigenvalue weighted by molar-refractivity contribution is 5.89. The average molecular weight is 257 g/mol. The number of carboxylic acid groups (broad SMARTS) is 1. The van der Waals surface area contributed by atoms with E-state index >= 15 is 0 Å². The van der Waals surface area contributed by atoms with Crippen LogP contribution in [0.15, 0.2) is 24.3 Å². The van der Waals surface area contributed by atoms with Crippen molar-refractivity contribution in [3.8, 4) is 11.3 Å². The molecule has 1 aromatic heterocycles. The number of anilines is 1. The van der Waals surface area contributed by atoms with Gasteiger partial charge in [0.25, 0.3) is 0 Å². The molecule has 0 radical (unpaired) electrons. The molecule has 19 heavy (non-hydrogen) atoms. The number of aryl methyl sites for hydroxylation is 1. The number of para-hydroxylation sites is 1. The van der Waals surface area contributed by atoms with Gasteiger partial charge in [-0.2, -0.15) is 5.10 Å². The van der Waals surface area contributed by atoms with Crippen molar-refractivity contribution in [2.45, 2.75) is 6.42 Å². The molecule has 1 aliphatic rings. The Morgan fingerprint density at radius 2 is 2.16 bits per heavy atom. The molecule has 1 aliphatic heterocycles. The number of fused-ring (bicyclic) bond motifs is 1. The molecule has 5 heteroatoms.